The summed E-state index contributed by atoms with van der Waals surface area (Å²) in [7, 11) is 0. The van der Waals surface area contributed by atoms with E-state index in [9.17, 15) is 0 Å². The van der Waals surface area contributed by atoms with Crippen LogP contribution < -0.4 is 5.73 Å². The van der Waals surface area contributed by atoms with E-state index in [0.29, 0.717) is 0 Å². The molecule has 3 unspecified atom stereocenters. The van der Waals surface area contributed by atoms with Crippen LogP contribution in [0, 0.1) is 17.8 Å². The lowest BCUT2D eigenvalue weighted by atomic mass is 9.74. The lowest BCUT2D eigenvalue weighted by molar-refractivity contribution is 0.196. The molecule has 0 aliphatic heterocycles. The van der Waals surface area contributed by atoms with E-state index in [1.807, 2.05) is 0 Å². The predicted molar refractivity (Wildman–Crippen MR) is 58.6 cm³/mol. The SMILES string of the molecule is CCC1CCCCC1CC(C)CN. The second-order valence-electron chi connectivity index (χ2n) is 4.79. The summed E-state index contributed by atoms with van der Waals surface area (Å²) in [6.07, 6.45) is 8.60. The van der Waals surface area contributed by atoms with E-state index in [2.05, 4.69) is 13.8 Å². The van der Waals surface area contributed by atoms with Crippen LogP contribution in [-0.2, 0) is 0 Å². The van der Waals surface area contributed by atoms with E-state index in [1.54, 1.807) is 0 Å². The molecule has 1 saturated carbocycles. The predicted octanol–water partition coefficient (Wildman–Crippen LogP) is 3.19. The average molecular weight is 183 g/mol. The lowest BCUT2D eigenvalue weighted by Gasteiger charge is -2.32. The summed E-state index contributed by atoms with van der Waals surface area (Å²) in [5.74, 6) is 2.72. The lowest BCUT2D eigenvalue weighted by Crippen LogP contribution is -2.23. The van der Waals surface area contributed by atoms with E-state index in [-0.39, 0.29) is 0 Å². The normalized spacial score (nSPS) is 31.6. The van der Waals surface area contributed by atoms with Crippen LogP contribution in [0.25, 0.3) is 0 Å². The van der Waals surface area contributed by atoms with Crippen molar-refractivity contribution in [3.05, 3.63) is 0 Å². The fourth-order valence-electron chi connectivity index (χ4n) is 2.75. The van der Waals surface area contributed by atoms with Crippen LogP contribution in [0.4, 0.5) is 0 Å². The monoisotopic (exact) mass is 183 g/mol. The maximum absolute atomic E-state index is 5.68. The Morgan fingerprint density at radius 1 is 1.23 bits per heavy atom. The third kappa shape index (κ3) is 3.30. The van der Waals surface area contributed by atoms with Crippen LogP contribution in [0.5, 0.6) is 0 Å². The topological polar surface area (TPSA) is 26.0 Å². The number of hydrogen-bond acceptors (Lipinski definition) is 1. The minimum atomic E-state index is 0.733. The first-order valence-electron chi connectivity index (χ1n) is 5.98. The standard InChI is InChI=1S/C12H25N/c1-3-11-6-4-5-7-12(11)8-10(2)9-13/h10-12H,3-9,13H2,1-2H3. The Hall–Kier alpha value is -0.0400. The second kappa shape index (κ2) is 5.64. The number of nitrogens with two attached hydrogens (primary N) is 1. The van der Waals surface area contributed by atoms with Crippen molar-refractivity contribution in [3.63, 3.8) is 0 Å². The van der Waals surface area contributed by atoms with Crippen LogP contribution in [0.1, 0.15) is 52.4 Å². The molecule has 1 fully saturated rings. The van der Waals surface area contributed by atoms with E-state index in [4.69, 9.17) is 5.73 Å². The quantitative estimate of drug-likeness (QED) is 0.711. The molecule has 78 valence electrons. The van der Waals surface area contributed by atoms with Crippen molar-refractivity contribution >= 4 is 0 Å². The maximum Gasteiger partial charge on any atom is -0.00514 e. The third-order valence-corrected chi connectivity index (χ3v) is 3.70. The Morgan fingerprint density at radius 3 is 2.38 bits per heavy atom. The first-order chi connectivity index (χ1) is 6.27. The minimum absolute atomic E-state index is 0.733. The molecule has 1 aliphatic rings. The summed E-state index contributed by atoms with van der Waals surface area (Å²) in [4.78, 5) is 0. The minimum Gasteiger partial charge on any atom is -0.330 e. The molecule has 0 amide bonds. The van der Waals surface area contributed by atoms with Gasteiger partial charge in [-0.15, -0.1) is 0 Å². The molecule has 0 aromatic rings. The summed E-state index contributed by atoms with van der Waals surface area (Å²) in [5.41, 5.74) is 5.68. The van der Waals surface area contributed by atoms with Crippen molar-refractivity contribution < 1.29 is 0 Å². The molecule has 0 bridgehead atoms. The van der Waals surface area contributed by atoms with Gasteiger partial charge in [-0.1, -0.05) is 46.0 Å². The van der Waals surface area contributed by atoms with Crippen molar-refractivity contribution in [3.8, 4) is 0 Å². The fourth-order valence-corrected chi connectivity index (χ4v) is 2.75. The zero-order chi connectivity index (χ0) is 9.68. The van der Waals surface area contributed by atoms with Crippen LogP contribution in [0.15, 0.2) is 0 Å². The molecule has 0 heterocycles. The van der Waals surface area contributed by atoms with Gasteiger partial charge >= 0.3 is 0 Å². The first kappa shape index (κ1) is 11.0. The van der Waals surface area contributed by atoms with E-state index in [0.717, 1.165) is 24.3 Å². The van der Waals surface area contributed by atoms with Gasteiger partial charge in [0.05, 0.1) is 0 Å². The van der Waals surface area contributed by atoms with Crippen molar-refractivity contribution in [2.45, 2.75) is 52.4 Å². The Balaban J connectivity index is 2.35. The third-order valence-electron chi connectivity index (χ3n) is 3.70. The van der Waals surface area contributed by atoms with Gasteiger partial charge in [0.25, 0.3) is 0 Å². The molecule has 0 aromatic carbocycles. The molecule has 1 rings (SSSR count). The molecule has 1 heteroatoms. The highest BCUT2D eigenvalue weighted by Crippen LogP contribution is 2.35. The van der Waals surface area contributed by atoms with Crippen LogP contribution in [0.2, 0.25) is 0 Å². The second-order valence-corrected chi connectivity index (χ2v) is 4.79. The van der Waals surface area contributed by atoms with Gasteiger partial charge in [-0.2, -0.15) is 0 Å². The highest BCUT2D eigenvalue weighted by Gasteiger charge is 2.24. The van der Waals surface area contributed by atoms with Crippen molar-refractivity contribution in [2.75, 3.05) is 6.54 Å². The Bertz CT molecular complexity index is 133. The molecule has 3 atom stereocenters. The molecule has 0 radical (unpaired) electrons. The largest absolute Gasteiger partial charge is 0.330 e. The Morgan fingerprint density at radius 2 is 1.85 bits per heavy atom. The molecule has 13 heavy (non-hydrogen) atoms. The Labute approximate surface area is 83.1 Å². The van der Waals surface area contributed by atoms with Gasteiger partial charge in [0.2, 0.25) is 0 Å². The fraction of sp³-hybridized carbons (Fsp3) is 1.00. The van der Waals surface area contributed by atoms with Gasteiger partial charge in [-0.05, 0) is 30.7 Å². The zero-order valence-corrected chi connectivity index (χ0v) is 9.26. The van der Waals surface area contributed by atoms with E-state index in [1.165, 1.54) is 38.5 Å². The van der Waals surface area contributed by atoms with Gasteiger partial charge in [-0.3, -0.25) is 0 Å². The molecule has 0 aromatic heterocycles. The van der Waals surface area contributed by atoms with Crippen LogP contribution in [0.3, 0.4) is 0 Å². The summed E-state index contributed by atoms with van der Waals surface area (Å²) >= 11 is 0. The van der Waals surface area contributed by atoms with Gasteiger partial charge in [-0.25, -0.2) is 0 Å². The van der Waals surface area contributed by atoms with E-state index < -0.39 is 0 Å². The van der Waals surface area contributed by atoms with Gasteiger partial charge in [0.1, 0.15) is 0 Å². The van der Waals surface area contributed by atoms with Gasteiger partial charge in [0, 0.05) is 0 Å². The number of hydrogen-bond donors (Lipinski definition) is 1. The van der Waals surface area contributed by atoms with Gasteiger partial charge < -0.3 is 5.73 Å². The summed E-state index contributed by atoms with van der Waals surface area (Å²) in [5, 5.41) is 0. The van der Waals surface area contributed by atoms with Crippen molar-refractivity contribution in [2.24, 2.45) is 23.5 Å². The van der Waals surface area contributed by atoms with Crippen LogP contribution in [-0.4, -0.2) is 6.54 Å². The maximum atomic E-state index is 5.68. The average Bonchev–Trinajstić information content (AvgIpc) is 2.18. The Kier molecular flexibility index (Phi) is 4.79. The highest BCUT2D eigenvalue weighted by molar-refractivity contribution is 4.76. The molecule has 0 spiro atoms. The van der Waals surface area contributed by atoms with Crippen LogP contribution >= 0.6 is 0 Å². The summed E-state index contributed by atoms with van der Waals surface area (Å²) in [6, 6.07) is 0. The summed E-state index contributed by atoms with van der Waals surface area (Å²) in [6.45, 7) is 5.50. The summed E-state index contributed by atoms with van der Waals surface area (Å²) < 4.78 is 0. The molecular formula is C12H25N. The molecule has 1 nitrogen and oxygen atoms in total. The highest BCUT2D eigenvalue weighted by atomic mass is 14.5. The van der Waals surface area contributed by atoms with Crippen molar-refractivity contribution in [1.82, 2.24) is 0 Å². The smallest absolute Gasteiger partial charge is 0.00514 e. The van der Waals surface area contributed by atoms with E-state index >= 15 is 0 Å². The van der Waals surface area contributed by atoms with Crippen molar-refractivity contribution in [1.29, 1.82) is 0 Å². The van der Waals surface area contributed by atoms with Gasteiger partial charge in [0.15, 0.2) is 0 Å². The first-order valence-corrected chi connectivity index (χ1v) is 5.98. The zero-order valence-electron chi connectivity index (χ0n) is 9.26. The molecular weight excluding hydrogens is 158 g/mol. The molecule has 0 saturated heterocycles. The number of rotatable bonds is 4. The molecule has 1 aliphatic carbocycles. The molecule has 2 N–H and O–H groups in total.